The maximum absolute atomic E-state index is 2.56. The van der Waals surface area contributed by atoms with E-state index < -0.39 is 18.4 Å². The molecule has 1 atom stereocenters. The van der Waals surface area contributed by atoms with Crippen molar-refractivity contribution >= 4 is 30.3 Å². The summed E-state index contributed by atoms with van der Waals surface area (Å²) in [5, 5.41) is 0. The Morgan fingerprint density at radius 3 is 1.74 bits per heavy atom. The van der Waals surface area contributed by atoms with E-state index in [0.29, 0.717) is 0 Å². The Balaban J connectivity index is 2.78. The molecule has 19 heavy (non-hydrogen) atoms. The van der Waals surface area contributed by atoms with Crippen LogP contribution in [0.15, 0.2) is 12.3 Å². The maximum atomic E-state index is 2.56. The summed E-state index contributed by atoms with van der Waals surface area (Å²) >= 11 is 0.145. The van der Waals surface area contributed by atoms with E-state index in [4.69, 9.17) is 0 Å². The molecule has 0 saturated heterocycles. The molecular formula is C16H33NSSn. The van der Waals surface area contributed by atoms with Gasteiger partial charge in [0, 0.05) is 0 Å². The van der Waals surface area contributed by atoms with Gasteiger partial charge in [0.1, 0.15) is 0 Å². The van der Waals surface area contributed by atoms with E-state index in [9.17, 15) is 0 Å². The molecule has 0 aromatic carbocycles. The fraction of sp³-hybridized carbons (Fsp3) is 0.875. The Hall–Kier alpha value is 0.689. The van der Waals surface area contributed by atoms with Crippen molar-refractivity contribution in [2.45, 2.75) is 75.9 Å². The van der Waals surface area contributed by atoms with Crippen molar-refractivity contribution in [3.63, 3.8) is 0 Å². The molecule has 0 aromatic heterocycles. The predicted molar refractivity (Wildman–Crippen MR) is 93.2 cm³/mol. The second-order valence-corrected chi connectivity index (χ2v) is 22.4. The third-order valence-corrected chi connectivity index (χ3v) is 25.1. The van der Waals surface area contributed by atoms with Gasteiger partial charge in [0.2, 0.25) is 0 Å². The summed E-state index contributed by atoms with van der Waals surface area (Å²) in [6, 6.07) is 0. The van der Waals surface area contributed by atoms with Gasteiger partial charge in [0.05, 0.1) is 0 Å². The molecule has 1 nitrogen and oxygen atoms in total. The standard InChI is InChI=1S/C4H6NS.3C4H9.Sn/c1-5-3-2-4-6-5;3*1-3-4-2;/h2-4H,1H3;3*1,3-4H2,2H3;. The second kappa shape index (κ2) is 9.59. The van der Waals surface area contributed by atoms with Crippen LogP contribution in [0.1, 0.15) is 59.3 Å². The molecule has 1 unspecified atom stereocenters. The van der Waals surface area contributed by atoms with Gasteiger partial charge in [-0.3, -0.25) is 0 Å². The van der Waals surface area contributed by atoms with Crippen LogP contribution in [0.5, 0.6) is 0 Å². The van der Waals surface area contributed by atoms with Crippen molar-refractivity contribution in [3.05, 3.63) is 12.3 Å². The molecule has 112 valence electrons. The quantitative estimate of drug-likeness (QED) is 0.340. The van der Waals surface area contributed by atoms with E-state index in [-0.39, 0.29) is 0 Å². The first-order valence-corrected chi connectivity index (χ1v) is 16.8. The Kier molecular flexibility index (Phi) is 8.96. The van der Waals surface area contributed by atoms with Gasteiger partial charge in [-0.15, -0.1) is 0 Å². The first-order chi connectivity index (χ1) is 9.18. The molecular weight excluding hydrogens is 357 g/mol. The van der Waals surface area contributed by atoms with Crippen molar-refractivity contribution in [3.8, 4) is 0 Å². The molecule has 0 saturated carbocycles. The van der Waals surface area contributed by atoms with Crippen LogP contribution in [0.2, 0.25) is 13.3 Å². The summed E-state index contributed by atoms with van der Waals surface area (Å²) in [4.78, 5) is 0. The van der Waals surface area contributed by atoms with Crippen LogP contribution in [-0.2, 0) is 0 Å². The van der Waals surface area contributed by atoms with Crippen molar-refractivity contribution in [2.75, 3.05) is 7.05 Å². The van der Waals surface area contributed by atoms with Crippen molar-refractivity contribution in [1.29, 1.82) is 0 Å². The van der Waals surface area contributed by atoms with Crippen molar-refractivity contribution < 1.29 is 0 Å². The molecule has 1 heterocycles. The number of hydrogen-bond acceptors (Lipinski definition) is 2. The zero-order chi connectivity index (χ0) is 14.1. The number of unbranched alkanes of at least 4 members (excludes halogenated alkanes) is 3. The van der Waals surface area contributed by atoms with Crippen LogP contribution in [0, 0.1) is 0 Å². The zero-order valence-corrected chi connectivity index (χ0v) is 17.1. The van der Waals surface area contributed by atoms with Gasteiger partial charge in [-0.05, 0) is 0 Å². The van der Waals surface area contributed by atoms with E-state index in [1.807, 2.05) is 0 Å². The van der Waals surface area contributed by atoms with Crippen LogP contribution < -0.4 is 0 Å². The molecule has 0 spiro atoms. The van der Waals surface area contributed by atoms with E-state index in [1.54, 1.807) is 13.3 Å². The fourth-order valence-electron chi connectivity index (χ4n) is 3.15. The topological polar surface area (TPSA) is 3.24 Å². The van der Waals surface area contributed by atoms with E-state index >= 15 is 0 Å². The molecule has 0 N–H and O–H groups in total. The molecule has 0 fully saturated rings. The first kappa shape index (κ1) is 17.7. The Labute approximate surface area is 129 Å². The molecule has 0 aromatic rings. The molecule has 3 heteroatoms. The van der Waals surface area contributed by atoms with E-state index in [1.165, 1.54) is 38.5 Å². The minimum atomic E-state index is -1.99. The van der Waals surface area contributed by atoms with Gasteiger partial charge >= 0.3 is 130 Å². The molecule has 1 rings (SSSR count). The van der Waals surface area contributed by atoms with E-state index in [0.717, 1.165) is 3.27 Å². The van der Waals surface area contributed by atoms with Crippen molar-refractivity contribution in [2.24, 2.45) is 0 Å². The summed E-state index contributed by atoms with van der Waals surface area (Å²) in [7, 11) is 2.22. The van der Waals surface area contributed by atoms with Gasteiger partial charge in [-0.2, -0.15) is 0 Å². The Morgan fingerprint density at radius 2 is 1.42 bits per heavy atom. The molecule has 1 aliphatic rings. The zero-order valence-electron chi connectivity index (χ0n) is 13.5. The van der Waals surface area contributed by atoms with Gasteiger partial charge in [-0.25, -0.2) is 0 Å². The monoisotopic (exact) mass is 391 g/mol. The number of nitrogens with zero attached hydrogens (tertiary/aromatic N) is 1. The fourth-order valence-corrected chi connectivity index (χ4v) is 24.8. The van der Waals surface area contributed by atoms with Crippen LogP contribution in [0.4, 0.5) is 0 Å². The van der Waals surface area contributed by atoms with Crippen LogP contribution in [0.3, 0.4) is 0 Å². The third kappa shape index (κ3) is 5.53. The third-order valence-electron chi connectivity index (χ3n) is 4.44. The molecule has 0 aliphatic carbocycles. The van der Waals surface area contributed by atoms with Crippen molar-refractivity contribution in [1.82, 2.24) is 4.31 Å². The molecule has 0 radical (unpaired) electrons. The summed E-state index contributed by atoms with van der Waals surface area (Å²) in [5.41, 5.74) is 0. The van der Waals surface area contributed by atoms with Gasteiger partial charge in [-0.1, -0.05) is 0 Å². The minimum absolute atomic E-state index is 0.920. The van der Waals surface area contributed by atoms with Gasteiger partial charge < -0.3 is 0 Å². The summed E-state index contributed by atoms with van der Waals surface area (Å²) in [6.45, 7) is 7.08. The van der Waals surface area contributed by atoms with Gasteiger partial charge in [0.15, 0.2) is 0 Å². The van der Waals surface area contributed by atoms with Crippen LogP contribution in [-0.4, -0.2) is 33.0 Å². The summed E-state index contributed by atoms with van der Waals surface area (Å²) < 4.78 is 8.15. The normalized spacial score (nSPS) is 19.4. The Morgan fingerprint density at radius 1 is 0.947 bits per heavy atom. The van der Waals surface area contributed by atoms with Crippen LogP contribution in [0.25, 0.3) is 0 Å². The van der Waals surface area contributed by atoms with E-state index in [2.05, 4.69) is 56.3 Å². The average Bonchev–Trinajstić information content (AvgIpc) is 2.85. The summed E-state index contributed by atoms with van der Waals surface area (Å²) in [6.07, 6.45) is 13.5. The Bertz CT molecular complexity index is 246. The second-order valence-electron chi connectivity index (χ2n) is 6.09. The molecule has 0 bridgehead atoms. The summed E-state index contributed by atoms with van der Waals surface area (Å²) in [5.74, 6) is 0. The first-order valence-electron chi connectivity index (χ1n) is 8.26. The molecule has 1 aliphatic heterocycles. The predicted octanol–water partition coefficient (Wildman–Crippen LogP) is 5.85. The SMILES string of the molecule is CCC[CH2][Sn]([CH2]CCC)([CH2]CCC)[CH]1C=CN(C)S1. The van der Waals surface area contributed by atoms with Crippen LogP contribution >= 0.6 is 11.9 Å². The number of hydrogen-bond donors (Lipinski definition) is 0. The number of rotatable bonds is 10. The molecule has 0 amide bonds. The average molecular weight is 390 g/mol. The van der Waals surface area contributed by atoms with Gasteiger partial charge in [0.25, 0.3) is 0 Å².